The Morgan fingerprint density at radius 1 is 1.04 bits per heavy atom. The molecule has 0 radical (unpaired) electrons. The molecule has 0 unspecified atom stereocenters. The summed E-state index contributed by atoms with van der Waals surface area (Å²) in [5.74, 6) is -3.15. The largest absolute Gasteiger partial charge is 0.480 e. The molecule has 9 nitrogen and oxygen atoms in total. The number of amides is 1. The topological polar surface area (TPSA) is 147 Å². The van der Waals surface area contributed by atoms with Gasteiger partial charge in [0, 0.05) is 24.1 Å². The smallest absolute Gasteiger partial charge is 0.335 e. The number of carboxylic acid groups (broad SMARTS) is 2. The molecule has 1 amide bonds. The van der Waals surface area contributed by atoms with E-state index in [1.807, 2.05) is 0 Å². The number of hydrogen-bond acceptors (Lipinski definition) is 5. The number of carboxylic acids is 2. The third kappa shape index (κ3) is 4.63. The standard InChI is InChI=1S/C17H14N2O7/c20-15(12-2-1-3-13(9-12)19(25)26)18-14(17(23)24)8-10-4-6-11(7-5-10)16(21)22/h1-7,9,14H,8H2,(H,18,20)(H,21,22)(H,23,24)/t14-/m1/s1. The van der Waals surface area contributed by atoms with Crippen LogP contribution in [-0.4, -0.2) is 39.0 Å². The van der Waals surface area contributed by atoms with Gasteiger partial charge in [-0.15, -0.1) is 0 Å². The van der Waals surface area contributed by atoms with Gasteiger partial charge >= 0.3 is 11.9 Å². The first-order valence-corrected chi connectivity index (χ1v) is 7.38. The maximum atomic E-state index is 12.2. The van der Waals surface area contributed by atoms with Crippen LogP contribution in [0.4, 0.5) is 5.69 Å². The second-order valence-electron chi connectivity index (χ2n) is 5.38. The molecule has 0 aliphatic rings. The minimum atomic E-state index is -1.29. The summed E-state index contributed by atoms with van der Waals surface area (Å²) in [5.41, 5.74) is 0.253. The Hall–Kier alpha value is -3.75. The van der Waals surface area contributed by atoms with Crippen molar-refractivity contribution in [3.63, 3.8) is 0 Å². The van der Waals surface area contributed by atoms with Crippen molar-refractivity contribution in [3.8, 4) is 0 Å². The summed E-state index contributed by atoms with van der Waals surface area (Å²) >= 11 is 0. The summed E-state index contributed by atoms with van der Waals surface area (Å²) in [7, 11) is 0. The van der Waals surface area contributed by atoms with Crippen LogP contribution in [0.2, 0.25) is 0 Å². The van der Waals surface area contributed by atoms with Gasteiger partial charge in [0.15, 0.2) is 0 Å². The van der Waals surface area contributed by atoms with Gasteiger partial charge in [-0.2, -0.15) is 0 Å². The van der Waals surface area contributed by atoms with E-state index < -0.39 is 28.8 Å². The number of nitrogens with one attached hydrogen (secondary N) is 1. The van der Waals surface area contributed by atoms with Crippen molar-refractivity contribution in [3.05, 3.63) is 75.3 Å². The van der Waals surface area contributed by atoms with E-state index in [2.05, 4.69) is 5.32 Å². The van der Waals surface area contributed by atoms with E-state index in [0.717, 1.165) is 6.07 Å². The van der Waals surface area contributed by atoms with E-state index in [1.54, 1.807) is 0 Å². The van der Waals surface area contributed by atoms with Gasteiger partial charge in [-0.25, -0.2) is 9.59 Å². The van der Waals surface area contributed by atoms with Gasteiger partial charge in [-0.1, -0.05) is 18.2 Å². The summed E-state index contributed by atoms with van der Waals surface area (Å²) in [6.45, 7) is 0. The maximum Gasteiger partial charge on any atom is 0.335 e. The van der Waals surface area contributed by atoms with Crippen LogP contribution < -0.4 is 5.32 Å². The third-order valence-corrected chi connectivity index (χ3v) is 3.56. The van der Waals surface area contributed by atoms with E-state index in [4.69, 9.17) is 5.11 Å². The Labute approximate surface area is 147 Å². The fourth-order valence-corrected chi connectivity index (χ4v) is 2.22. The number of carbonyl (C=O) groups excluding carboxylic acids is 1. The molecule has 0 heterocycles. The molecular weight excluding hydrogens is 344 g/mol. The van der Waals surface area contributed by atoms with Crippen molar-refractivity contribution in [2.75, 3.05) is 0 Å². The lowest BCUT2D eigenvalue weighted by molar-refractivity contribution is -0.384. The van der Waals surface area contributed by atoms with Crippen molar-refractivity contribution in [1.82, 2.24) is 5.32 Å². The zero-order chi connectivity index (χ0) is 19.3. The molecule has 2 aromatic rings. The molecule has 0 aliphatic carbocycles. The molecule has 0 aromatic heterocycles. The summed E-state index contributed by atoms with van der Waals surface area (Å²) in [5, 5.41) is 31.2. The fraction of sp³-hybridized carbons (Fsp3) is 0.118. The van der Waals surface area contributed by atoms with Gasteiger partial charge in [-0.05, 0) is 23.8 Å². The summed E-state index contributed by atoms with van der Waals surface area (Å²) in [4.78, 5) is 44.5. The summed E-state index contributed by atoms with van der Waals surface area (Å²) in [6, 6.07) is 9.23. The molecule has 26 heavy (non-hydrogen) atoms. The highest BCUT2D eigenvalue weighted by atomic mass is 16.6. The second kappa shape index (κ2) is 7.88. The zero-order valence-electron chi connectivity index (χ0n) is 13.3. The number of aliphatic carboxylic acids is 1. The second-order valence-corrected chi connectivity index (χ2v) is 5.38. The van der Waals surface area contributed by atoms with Crippen molar-refractivity contribution < 1.29 is 29.5 Å². The zero-order valence-corrected chi connectivity index (χ0v) is 13.3. The molecule has 0 bridgehead atoms. The van der Waals surface area contributed by atoms with E-state index in [1.165, 1.54) is 42.5 Å². The molecule has 2 rings (SSSR count). The lowest BCUT2D eigenvalue weighted by atomic mass is 10.0. The highest BCUT2D eigenvalue weighted by Gasteiger charge is 2.22. The number of nitro benzene ring substituents is 1. The number of benzene rings is 2. The Balaban J connectivity index is 2.13. The molecule has 1 atom stereocenters. The van der Waals surface area contributed by atoms with Crippen LogP contribution in [-0.2, 0) is 11.2 Å². The SMILES string of the molecule is O=C(O)c1ccc(C[C@@H](NC(=O)c2cccc([N+](=O)[O-])c2)C(=O)O)cc1. The van der Waals surface area contributed by atoms with Gasteiger partial charge in [0.25, 0.3) is 11.6 Å². The van der Waals surface area contributed by atoms with Crippen LogP contribution in [0.15, 0.2) is 48.5 Å². The Kier molecular flexibility index (Phi) is 5.63. The minimum Gasteiger partial charge on any atom is -0.480 e. The van der Waals surface area contributed by atoms with Crippen molar-refractivity contribution in [2.45, 2.75) is 12.5 Å². The molecule has 3 N–H and O–H groups in total. The predicted molar refractivity (Wildman–Crippen MR) is 89.1 cm³/mol. The molecule has 134 valence electrons. The first-order valence-electron chi connectivity index (χ1n) is 7.38. The van der Waals surface area contributed by atoms with Gasteiger partial charge in [-0.3, -0.25) is 14.9 Å². The maximum absolute atomic E-state index is 12.2. The number of non-ortho nitro benzene ring substituents is 1. The lowest BCUT2D eigenvalue weighted by Crippen LogP contribution is -2.42. The molecular formula is C17H14N2O7. The first kappa shape index (κ1) is 18.6. The summed E-state index contributed by atoms with van der Waals surface area (Å²) < 4.78 is 0. The van der Waals surface area contributed by atoms with Crippen LogP contribution in [0.25, 0.3) is 0 Å². The minimum absolute atomic E-state index is 0.0355. The van der Waals surface area contributed by atoms with Crippen molar-refractivity contribution >= 4 is 23.5 Å². The highest BCUT2D eigenvalue weighted by molar-refractivity contribution is 5.97. The normalized spacial score (nSPS) is 11.4. The summed E-state index contributed by atoms with van der Waals surface area (Å²) in [6.07, 6.45) is -0.0735. The average Bonchev–Trinajstić information content (AvgIpc) is 2.61. The van der Waals surface area contributed by atoms with Gasteiger partial charge in [0.05, 0.1) is 10.5 Å². The van der Waals surface area contributed by atoms with Crippen LogP contribution >= 0.6 is 0 Å². The number of nitro groups is 1. The van der Waals surface area contributed by atoms with Crippen LogP contribution in [0, 0.1) is 10.1 Å². The fourth-order valence-electron chi connectivity index (χ4n) is 2.22. The molecule has 9 heteroatoms. The lowest BCUT2D eigenvalue weighted by Gasteiger charge is -2.15. The molecule has 0 saturated carbocycles. The average molecular weight is 358 g/mol. The van der Waals surface area contributed by atoms with Gasteiger partial charge in [0.2, 0.25) is 0 Å². The molecule has 0 spiro atoms. The number of aromatic carboxylic acids is 1. The van der Waals surface area contributed by atoms with Crippen molar-refractivity contribution in [2.24, 2.45) is 0 Å². The van der Waals surface area contributed by atoms with E-state index in [0.29, 0.717) is 5.56 Å². The van der Waals surface area contributed by atoms with Crippen molar-refractivity contribution in [1.29, 1.82) is 0 Å². The predicted octanol–water partition coefficient (Wildman–Crippen LogP) is 1.72. The number of nitrogens with zero attached hydrogens (tertiary/aromatic N) is 1. The Bertz CT molecular complexity index is 862. The Morgan fingerprint density at radius 3 is 2.23 bits per heavy atom. The van der Waals surface area contributed by atoms with Crippen LogP contribution in [0.5, 0.6) is 0 Å². The van der Waals surface area contributed by atoms with E-state index in [9.17, 15) is 29.6 Å². The number of rotatable bonds is 7. The van der Waals surface area contributed by atoms with Gasteiger partial charge in [0.1, 0.15) is 6.04 Å². The molecule has 0 aliphatic heterocycles. The number of hydrogen-bond donors (Lipinski definition) is 3. The Morgan fingerprint density at radius 2 is 1.69 bits per heavy atom. The molecule has 2 aromatic carbocycles. The van der Waals surface area contributed by atoms with E-state index >= 15 is 0 Å². The van der Waals surface area contributed by atoms with E-state index in [-0.39, 0.29) is 23.2 Å². The van der Waals surface area contributed by atoms with Crippen LogP contribution in [0.1, 0.15) is 26.3 Å². The molecule has 0 fully saturated rings. The monoisotopic (exact) mass is 358 g/mol. The quantitative estimate of drug-likeness (QED) is 0.504. The number of carbonyl (C=O) groups is 3. The van der Waals surface area contributed by atoms with Crippen LogP contribution in [0.3, 0.4) is 0 Å². The highest BCUT2D eigenvalue weighted by Crippen LogP contribution is 2.14. The first-order chi connectivity index (χ1) is 12.3. The molecule has 0 saturated heterocycles. The van der Waals surface area contributed by atoms with Gasteiger partial charge < -0.3 is 15.5 Å². The third-order valence-electron chi connectivity index (χ3n) is 3.56.